The summed E-state index contributed by atoms with van der Waals surface area (Å²) in [5, 5.41) is 0.852. The number of hydrogen-bond acceptors (Lipinski definition) is 3. The maximum absolute atomic E-state index is 12.3. The molecule has 0 saturated carbocycles. The predicted octanol–water partition coefficient (Wildman–Crippen LogP) is 2.82. The van der Waals surface area contributed by atoms with E-state index in [9.17, 15) is 9.59 Å². The molecule has 5 heteroatoms. The van der Waals surface area contributed by atoms with Gasteiger partial charge in [0.1, 0.15) is 11.3 Å². The Hall–Kier alpha value is -2.82. The number of hydrogen-bond donors (Lipinski definition) is 1. The number of rotatable bonds is 1. The first-order valence-corrected chi connectivity index (χ1v) is 7.90. The van der Waals surface area contributed by atoms with Crippen molar-refractivity contribution in [1.82, 2.24) is 9.55 Å². The average molecular weight is 322 g/mol. The lowest BCUT2D eigenvalue weighted by Crippen LogP contribution is -2.42. The summed E-state index contributed by atoms with van der Waals surface area (Å²) in [4.78, 5) is 27.5. The van der Waals surface area contributed by atoms with E-state index in [2.05, 4.69) is 4.98 Å². The average Bonchev–Trinajstić information content (AvgIpc) is 3.01. The molecule has 1 aliphatic rings. The lowest BCUT2D eigenvalue weighted by Gasteiger charge is -2.32. The van der Waals surface area contributed by atoms with Crippen LogP contribution in [0.15, 0.2) is 41.5 Å². The Morgan fingerprint density at radius 1 is 1.17 bits per heavy atom. The van der Waals surface area contributed by atoms with Gasteiger partial charge in [0.2, 0.25) is 0 Å². The van der Waals surface area contributed by atoms with Crippen molar-refractivity contribution in [2.24, 2.45) is 7.05 Å². The van der Waals surface area contributed by atoms with Gasteiger partial charge in [-0.25, -0.2) is 0 Å². The number of aryl methyl sites for hydroxylation is 1. The Balaban J connectivity index is 2.02. The molecule has 0 atom stereocenters. The fraction of sp³-hybridized carbons (Fsp3) is 0.263. The molecule has 1 aliphatic heterocycles. The standard InChI is InChI=1S/C19H18N2O3/c1-19(2)15(22)9-11-5-4-6-13(17(11)24-19)14-10-21(3)18(23)16-12(14)7-8-20-16/h4-8,10,20H,9H2,1-3H3. The molecule has 1 N–H and O–H groups in total. The minimum atomic E-state index is -0.846. The Labute approximate surface area is 138 Å². The Morgan fingerprint density at radius 2 is 1.96 bits per heavy atom. The first-order chi connectivity index (χ1) is 11.4. The molecule has 1 aromatic carbocycles. The minimum Gasteiger partial charge on any atom is -0.479 e. The van der Waals surface area contributed by atoms with Gasteiger partial charge in [0.15, 0.2) is 11.4 Å². The molecule has 4 rings (SSSR count). The number of Topliss-reactive ketones (excluding diaryl/α,β-unsaturated/α-hetero) is 1. The monoisotopic (exact) mass is 322 g/mol. The van der Waals surface area contributed by atoms with Crippen LogP contribution >= 0.6 is 0 Å². The van der Waals surface area contributed by atoms with Gasteiger partial charge in [0.25, 0.3) is 5.56 Å². The molecule has 0 saturated heterocycles. The van der Waals surface area contributed by atoms with Crippen LogP contribution in [0.1, 0.15) is 19.4 Å². The number of fused-ring (bicyclic) bond motifs is 2. The van der Waals surface area contributed by atoms with Crippen molar-refractivity contribution in [2.75, 3.05) is 0 Å². The second kappa shape index (κ2) is 4.84. The molecular weight excluding hydrogens is 304 g/mol. The predicted molar refractivity (Wildman–Crippen MR) is 92.4 cm³/mol. The summed E-state index contributed by atoms with van der Waals surface area (Å²) in [6, 6.07) is 7.70. The molecule has 3 heterocycles. The number of benzene rings is 1. The van der Waals surface area contributed by atoms with Crippen molar-refractivity contribution in [3.8, 4) is 16.9 Å². The lowest BCUT2D eigenvalue weighted by molar-refractivity contribution is -0.132. The van der Waals surface area contributed by atoms with Gasteiger partial charge in [-0.1, -0.05) is 18.2 Å². The number of carbonyl (C=O) groups excluding carboxylic acids is 1. The van der Waals surface area contributed by atoms with E-state index in [0.717, 1.165) is 27.8 Å². The molecule has 5 nitrogen and oxygen atoms in total. The van der Waals surface area contributed by atoms with Gasteiger partial charge >= 0.3 is 0 Å². The quantitative estimate of drug-likeness (QED) is 0.749. The van der Waals surface area contributed by atoms with E-state index in [1.807, 2.05) is 30.5 Å². The minimum absolute atomic E-state index is 0.0689. The van der Waals surface area contributed by atoms with Crippen LogP contribution in [0.3, 0.4) is 0 Å². The fourth-order valence-electron chi connectivity index (χ4n) is 3.24. The number of nitrogens with zero attached hydrogens (tertiary/aromatic N) is 1. The van der Waals surface area contributed by atoms with Crippen molar-refractivity contribution < 1.29 is 9.53 Å². The fourth-order valence-corrected chi connectivity index (χ4v) is 3.24. The van der Waals surface area contributed by atoms with Crippen molar-refractivity contribution in [3.05, 3.63) is 52.6 Å². The van der Waals surface area contributed by atoms with Crippen LogP contribution in [0.5, 0.6) is 5.75 Å². The van der Waals surface area contributed by atoms with Crippen LogP contribution in [0.4, 0.5) is 0 Å². The van der Waals surface area contributed by atoms with Crippen LogP contribution in [0.25, 0.3) is 22.0 Å². The van der Waals surface area contributed by atoms with Crippen LogP contribution in [-0.2, 0) is 18.3 Å². The maximum Gasteiger partial charge on any atom is 0.274 e. The third-order valence-electron chi connectivity index (χ3n) is 4.66. The van der Waals surface area contributed by atoms with E-state index in [0.29, 0.717) is 11.9 Å². The topological polar surface area (TPSA) is 64.1 Å². The van der Waals surface area contributed by atoms with Gasteiger partial charge in [0.05, 0.1) is 0 Å². The molecule has 0 aliphatic carbocycles. The molecule has 0 amide bonds. The summed E-state index contributed by atoms with van der Waals surface area (Å²) < 4.78 is 7.63. The number of pyridine rings is 1. The lowest BCUT2D eigenvalue weighted by atomic mass is 9.90. The van der Waals surface area contributed by atoms with Gasteiger partial charge in [-0.3, -0.25) is 9.59 Å². The van der Waals surface area contributed by atoms with E-state index in [1.165, 1.54) is 0 Å². The van der Waals surface area contributed by atoms with E-state index < -0.39 is 5.60 Å². The van der Waals surface area contributed by atoms with Crippen molar-refractivity contribution in [1.29, 1.82) is 0 Å². The van der Waals surface area contributed by atoms with E-state index in [1.54, 1.807) is 31.7 Å². The molecule has 0 bridgehead atoms. The second-order valence-corrected chi connectivity index (χ2v) is 6.73. The van der Waals surface area contributed by atoms with Gasteiger partial charge in [0, 0.05) is 47.9 Å². The van der Waals surface area contributed by atoms with Gasteiger partial charge in [-0.05, 0) is 19.9 Å². The van der Waals surface area contributed by atoms with Crippen LogP contribution < -0.4 is 10.3 Å². The molecule has 0 spiro atoms. The number of ketones is 1. The number of aromatic amines is 1. The highest BCUT2D eigenvalue weighted by Gasteiger charge is 2.36. The second-order valence-electron chi connectivity index (χ2n) is 6.73. The molecular formula is C19H18N2O3. The summed E-state index contributed by atoms with van der Waals surface area (Å²) in [6.07, 6.45) is 3.94. The molecule has 24 heavy (non-hydrogen) atoms. The van der Waals surface area contributed by atoms with Gasteiger partial charge in [-0.2, -0.15) is 0 Å². The highest BCUT2D eigenvalue weighted by Crippen LogP contribution is 2.41. The largest absolute Gasteiger partial charge is 0.479 e. The van der Waals surface area contributed by atoms with Crippen molar-refractivity contribution >= 4 is 16.7 Å². The summed E-state index contributed by atoms with van der Waals surface area (Å²) in [7, 11) is 1.73. The SMILES string of the molecule is Cn1cc(-c2cccc3c2OC(C)(C)C(=O)C3)c2cc[nH]c2c1=O. The molecule has 122 valence electrons. The van der Waals surface area contributed by atoms with E-state index in [4.69, 9.17) is 4.74 Å². The van der Waals surface area contributed by atoms with Crippen molar-refractivity contribution in [3.63, 3.8) is 0 Å². The smallest absolute Gasteiger partial charge is 0.274 e. The highest BCUT2D eigenvalue weighted by molar-refractivity contribution is 5.98. The highest BCUT2D eigenvalue weighted by atomic mass is 16.5. The molecule has 0 unspecified atom stereocenters. The zero-order chi connectivity index (χ0) is 17.1. The third-order valence-corrected chi connectivity index (χ3v) is 4.66. The van der Waals surface area contributed by atoms with E-state index >= 15 is 0 Å². The number of para-hydroxylation sites is 1. The molecule has 0 fully saturated rings. The normalized spacial score (nSPS) is 16.0. The van der Waals surface area contributed by atoms with E-state index in [-0.39, 0.29) is 11.3 Å². The van der Waals surface area contributed by atoms with Crippen LogP contribution in [0.2, 0.25) is 0 Å². The van der Waals surface area contributed by atoms with Gasteiger partial charge < -0.3 is 14.3 Å². The maximum atomic E-state index is 12.3. The summed E-state index contributed by atoms with van der Waals surface area (Å²) in [6.45, 7) is 3.59. The Kier molecular flexibility index (Phi) is 2.97. The zero-order valence-corrected chi connectivity index (χ0v) is 13.8. The number of aromatic nitrogens is 2. The number of nitrogens with one attached hydrogen (secondary N) is 1. The number of ether oxygens (including phenoxy) is 1. The third kappa shape index (κ3) is 2.01. The van der Waals surface area contributed by atoms with Crippen LogP contribution in [-0.4, -0.2) is 20.9 Å². The summed E-state index contributed by atoms with van der Waals surface area (Å²) in [5.74, 6) is 0.794. The van der Waals surface area contributed by atoms with Gasteiger partial charge in [-0.15, -0.1) is 0 Å². The molecule has 2 aromatic heterocycles. The Bertz CT molecular complexity index is 1040. The van der Waals surface area contributed by atoms with Crippen molar-refractivity contribution in [2.45, 2.75) is 25.9 Å². The summed E-state index contributed by atoms with van der Waals surface area (Å²) in [5.41, 5.74) is 2.35. The first-order valence-electron chi connectivity index (χ1n) is 7.90. The number of carbonyl (C=O) groups is 1. The molecule has 3 aromatic rings. The van der Waals surface area contributed by atoms with Crippen LogP contribution in [0, 0.1) is 0 Å². The molecule has 0 radical (unpaired) electrons. The Morgan fingerprint density at radius 3 is 2.75 bits per heavy atom. The summed E-state index contributed by atoms with van der Waals surface area (Å²) >= 11 is 0. The first kappa shape index (κ1) is 14.8. The number of H-pyrrole nitrogens is 1. The zero-order valence-electron chi connectivity index (χ0n) is 13.8.